The fraction of sp³-hybridized carbons (Fsp3) is 0.360. The van der Waals surface area contributed by atoms with Crippen molar-refractivity contribution in [2.75, 3.05) is 7.11 Å². The molecule has 2 aliphatic rings. The van der Waals surface area contributed by atoms with E-state index in [1.54, 1.807) is 13.2 Å². The number of rotatable bonds is 5. The smallest absolute Gasteiger partial charge is 0.363 e. The maximum absolute atomic E-state index is 12.4. The lowest BCUT2D eigenvalue weighted by Crippen LogP contribution is -2.13. The van der Waals surface area contributed by atoms with Crippen molar-refractivity contribution in [3.63, 3.8) is 0 Å². The van der Waals surface area contributed by atoms with E-state index in [2.05, 4.69) is 40.0 Å². The maximum Gasteiger partial charge on any atom is 0.363 e. The van der Waals surface area contributed by atoms with E-state index in [1.165, 1.54) is 37.7 Å². The van der Waals surface area contributed by atoms with Crippen LogP contribution in [0.3, 0.4) is 0 Å². The van der Waals surface area contributed by atoms with E-state index >= 15 is 0 Å². The van der Waals surface area contributed by atoms with Gasteiger partial charge in [0.25, 0.3) is 0 Å². The molecule has 30 heavy (non-hydrogen) atoms. The Morgan fingerprint density at radius 3 is 2.53 bits per heavy atom. The lowest BCUT2D eigenvalue weighted by atomic mass is 9.78. The third-order valence-corrected chi connectivity index (χ3v) is 6.65. The Balaban J connectivity index is 1.52. The number of carbonyl (C=O) groups is 1. The van der Waals surface area contributed by atoms with E-state index in [0.717, 1.165) is 21.5 Å². The summed E-state index contributed by atoms with van der Waals surface area (Å²) in [5, 5.41) is 0. The van der Waals surface area contributed by atoms with Gasteiger partial charge in [-0.3, -0.25) is 0 Å². The lowest BCUT2D eigenvalue weighted by molar-refractivity contribution is -0.129. The van der Waals surface area contributed by atoms with Crippen LogP contribution in [-0.4, -0.2) is 19.0 Å². The van der Waals surface area contributed by atoms with Crippen molar-refractivity contribution in [2.45, 2.75) is 44.9 Å². The van der Waals surface area contributed by atoms with Crippen LogP contribution in [0.2, 0.25) is 0 Å². The number of hydrogen-bond donors (Lipinski definition) is 0. The van der Waals surface area contributed by atoms with Gasteiger partial charge < -0.3 is 9.47 Å². The number of hydrogen-bond acceptors (Lipinski definition) is 4. The van der Waals surface area contributed by atoms with Crippen molar-refractivity contribution >= 4 is 33.9 Å². The molecule has 1 saturated carbocycles. The molecule has 2 aromatic rings. The molecule has 1 aliphatic carbocycles. The second-order valence-electron chi connectivity index (χ2n) is 7.97. The number of methoxy groups -OCH3 is 1. The highest BCUT2D eigenvalue weighted by molar-refractivity contribution is 9.10. The zero-order valence-electron chi connectivity index (χ0n) is 17.4. The monoisotopic (exact) mass is 467 g/mol. The van der Waals surface area contributed by atoms with Crippen LogP contribution in [0.25, 0.3) is 6.08 Å². The van der Waals surface area contributed by atoms with Crippen LogP contribution in [0.4, 0.5) is 0 Å². The van der Waals surface area contributed by atoms with Crippen LogP contribution >= 0.6 is 15.9 Å². The molecule has 0 saturated heterocycles. The van der Waals surface area contributed by atoms with Crippen LogP contribution in [0, 0.1) is 5.92 Å². The summed E-state index contributed by atoms with van der Waals surface area (Å²) in [6, 6.07) is 13.9. The molecule has 1 fully saturated rings. The summed E-state index contributed by atoms with van der Waals surface area (Å²) in [5.74, 6) is 2.09. The summed E-state index contributed by atoms with van der Waals surface area (Å²) in [5.41, 5.74) is 3.22. The first-order valence-corrected chi connectivity index (χ1v) is 11.3. The molecule has 0 amide bonds. The summed E-state index contributed by atoms with van der Waals surface area (Å²) >= 11 is 3.45. The number of carbonyl (C=O) groups excluding carboxylic acids is 1. The first kappa shape index (κ1) is 20.9. The molecule has 156 valence electrons. The van der Waals surface area contributed by atoms with Gasteiger partial charge in [0.1, 0.15) is 5.75 Å². The van der Waals surface area contributed by atoms with Crippen LogP contribution < -0.4 is 4.74 Å². The van der Waals surface area contributed by atoms with Gasteiger partial charge in [-0.05, 0) is 79.5 Å². The Morgan fingerprint density at radius 2 is 1.87 bits per heavy atom. The second kappa shape index (κ2) is 9.17. The normalized spacial score (nSPS) is 22.7. The number of benzene rings is 2. The number of aliphatic imine (C=N–C) groups is 1. The summed E-state index contributed by atoms with van der Waals surface area (Å²) < 4.78 is 11.7. The molecular weight excluding hydrogens is 442 g/mol. The van der Waals surface area contributed by atoms with E-state index < -0.39 is 5.97 Å². The van der Waals surface area contributed by atoms with Gasteiger partial charge in [-0.1, -0.05) is 41.4 Å². The summed E-state index contributed by atoms with van der Waals surface area (Å²) in [4.78, 5) is 16.8. The van der Waals surface area contributed by atoms with E-state index in [9.17, 15) is 4.79 Å². The SMILES string of the molecule is CCC1CCC(c2ccc(C3=N/C(=C/c4cc(Br)ccc4OC)C(=O)O3)cc2)CC1. The number of cyclic esters (lactones) is 1. The molecule has 2 aromatic carbocycles. The molecule has 0 N–H and O–H groups in total. The van der Waals surface area contributed by atoms with Crippen molar-refractivity contribution in [1.29, 1.82) is 0 Å². The van der Waals surface area contributed by atoms with Gasteiger partial charge in [0.2, 0.25) is 5.90 Å². The first-order valence-electron chi connectivity index (χ1n) is 10.5. The molecule has 0 aromatic heterocycles. The number of ether oxygens (including phenoxy) is 2. The number of nitrogens with zero attached hydrogens (tertiary/aromatic N) is 1. The molecule has 0 unspecified atom stereocenters. The maximum atomic E-state index is 12.4. The van der Waals surface area contributed by atoms with Crippen molar-refractivity contribution in [2.24, 2.45) is 10.9 Å². The minimum Gasteiger partial charge on any atom is -0.496 e. The quantitative estimate of drug-likeness (QED) is 0.373. The Labute approximate surface area is 186 Å². The molecule has 4 nitrogen and oxygen atoms in total. The fourth-order valence-corrected chi connectivity index (χ4v) is 4.68. The predicted molar refractivity (Wildman–Crippen MR) is 123 cm³/mol. The van der Waals surface area contributed by atoms with Crippen LogP contribution in [0.1, 0.15) is 61.6 Å². The zero-order valence-corrected chi connectivity index (χ0v) is 18.9. The van der Waals surface area contributed by atoms with Gasteiger partial charge in [-0.15, -0.1) is 0 Å². The van der Waals surface area contributed by atoms with Gasteiger partial charge in [0.15, 0.2) is 5.70 Å². The Hall–Kier alpha value is -2.40. The third kappa shape index (κ3) is 4.51. The summed E-state index contributed by atoms with van der Waals surface area (Å²) in [6.07, 6.45) is 8.14. The van der Waals surface area contributed by atoms with Crippen molar-refractivity contribution in [3.8, 4) is 5.75 Å². The lowest BCUT2D eigenvalue weighted by Gasteiger charge is -2.28. The van der Waals surface area contributed by atoms with E-state index in [1.807, 2.05) is 30.3 Å². The Bertz CT molecular complexity index is 986. The highest BCUT2D eigenvalue weighted by atomic mass is 79.9. The van der Waals surface area contributed by atoms with Gasteiger partial charge in [0.05, 0.1) is 7.11 Å². The van der Waals surface area contributed by atoms with E-state index in [-0.39, 0.29) is 5.70 Å². The van der Waals surface area contributed by atoms with Gasteiger partial charge in [-0.25, -0.2) is 9.79 Å². The Kier molecular flexibility index (Phi) is 6.38. The zero-order chi connectivity index (χ0) is 21.1. The van der Waals surface area contributed by atoms with Crippen molar-refractivity contribution < 1.29 is 14.3 Å². The summed E-state index contributed by atoms with van der Waals surface area (Å²) in [6.45, 7) is 2.29. The second-order valence-corrected chi connectivity index (χ2v) is 8.89. The topological polar surface area (TPSA) is 47.9 Å². The molecule has 0 spiro atoms. The average Bonchev–Trinajstić information content (AvgIpc) is 3.14. The highest BCUT2D eigenvalue weighted by Gasteiger charge is 2.25. The molecule has 1 heterocycles. The van der Waals surface area contributed by atoms with Crippen LogP contribution in [0.15, 0.2) is 57.6 Å². The fourth-order valence-electron chi connectivity index (χ4n) is 4.30. The van der Waals surface area contributed by atoms with Crippen LogP contribution in [0.5, 0.6) is 5.75 Å². The summed E-state index contributed by atoms with van der Waals surface area (Å²) in [7, 11) is 1.60. The van der Waals surface area contributed by atoms with E-state index in [0.29, 0.717) is 17.6 Å². The van der Waals surface area contributed by atoms with Crippen LogP contribution in [-0.2, 0) is 9.53 Å². The Morgan fingerprint density at radius 1 is 1.13 bits per heavy atom. The predicted octanol–water partition coefficient (Wildman–Crippen LogP) is 6.49. The average molecular weight is 468 g/mol. The molecular formula is C25H26BrNO3. The molecule has 0 bridgehead atoms. The molecule has 1 aliphatic heterocycles. The largest absolute Gasteiger partial charge is 0.496 e. The highest BCUT2D eigenvalue weighted by Crippen LogP contribution is 2.37. The molecule has 4 rings (SSSR count). The third-order valence-electron chi connectivity index (χ3n) is 6.16. The first-order chi connectivity index (χ1) is 14.6. The molecule has 5 heteroatoms. The van der Waals surface area contributed by atoms with Crippen molar-refractivity contribution in [1.82, 2.24) is 0 Å². The van der Waals surface area contributed by atoms with Gasteiger partial charge >= 0.3 is 5.97 Å². The molecule has 0 atom stereocenters. The van der Waals surface area contributed by atoms with E-state index in [4.69, 9.17) is 9.47 Å². The standard InChI is InChI=1S/C25H26BrNO3/c1-3-16-4-6-17(7-5-16)18-8-10-19(11-9-18)24-27-22(25(28)30-24)15-20-14-21(26)12-13-23(20)29-2/h8-17H,3-7H2,1-2H3/b22-15+. The number of esters is 1. The molecule has 0 radical (unpaired) electrons. The minimum atomic E-state index is -0.450. The minimum absolute atomic E-state index is 0.267. The van der Waals surface area contributed by atoms with Gasteiger partial charge in [-0.2, -0.15) is 0 Å². The van der Waals surface area contributed by atoms with Gasteiger partial charge in [0, 0.05) is 15.6 Å². The number of halogens is 1. The van der Waals surface area contributed by atoms with Crippen molar-refractivity contribution in [3.05, 3.63) is 69.3 Å².